The van der Waals surface area contributed by atoms with Gasteiger partial charge in [-0.1, -0.05) is 36.4 Å². The Morgan fingerprint density at radius 1 is 1.08 bits per heavy atom. The fraction of sp³-hybridized carbons (Fsp3) is 0.316. The Kier molecular flexibility index (Phi) is 6.75. The minimum atomic E-state index is -0.464. The molecule has 0 saturated carbocycles. The predicted molar refractivity (Wildman–Crippen MR) is 90.4 cm³/mol. The predicted octanol–water partition coefficient (Wildman–Crippen LogP) is 3.05. The number of rotatable bonds is 8. The van der Waals surface area contributed by atoms with Gasteiger partial charge in [-0.15, -0.1) is 0 Å². The van der Waals surface area contributed by atoms with Crippen LogP contribution in [0.1, 0.15) is 11.1 Å². The number of benzene rings is 2. The van der Waals surface area contributed by atoms with Crippen molar-refractivity contribution in [1.82, 2.24) is 4.90 Å². The van der Waals surface area contributed by atoms with Crippen molar-refractivity contribution in [3.05, 3.63) is 65.5 Å². The van der Waals surface area contributed by atoms with Gasteiger partial charge < -0.3 is 14.4 Å². The largest absolute Gasteiger partial charge is 0.494 e. The summed E-state index contributed by atoms with van der Waals surface area (Å²) < 4.78 is 23.8. The Morgan fingerprint density at radius 3 is 2.46 bits per heavy atom. The van der Waals surface area contributed by atoms with Gasteiger partial charge in [-0.3, -0.25) is 4.79 Å². The summed E-state index contributed by atoms with van der Waals surface area (Å²) in [5.41, 5.74) is 1.66. The number of carbonyl (C=O) groups is 1. The van der Waals surface area contributed by atoms with E-state index < -0.39 is 5.82 Å². The molecule has 0 N–H and O–H groups in total. The standard InChI is InChI=1S/C19H22FNO3/c1-23-11-10-21(14-15-6-4-3-5-7-15)19(22)13-16-8-9-18(24-2)17(20)12-16/h3-9,12H,10-11,13-14H2,1-2H3. The van der Waals surface area contributed by atoms with Crippen LogP contribution in [0.25, 0.3) is 0 Å². The highest BCUT2D eigenvalue weighted by atomic mass is 19.1. The molecule has 0 spiro atoms. The van der Waals surface area contributed by atoms with E-state index in [1.807, 2.05) is 30.3 Å². The van der Waals surface area contributed by atoms with E-state index in [1.165, 1.54) is 19.2 Å². The lowest BCUT2D eigenvalue weighted by molar-refractivity contribution is -0.131. The Morgan fingerprint density at radius 2 is 1.83 bits per heavy atom. The zero-order chi connectivity index (χ0) is 17.4. The monoisotopic (exact) mass is 331 g/mol. The number of ether oxygens (including phenoxy) is 2. The third-order valence-electron chi connectivity index (χ3n) is 3.71. The van der Waals surface area contributed by atoms with E-state index in [2.05, 4.69) is 0 Å². The van der Waals surface area contributed by atoms with Crippen molar-refractivity contribution in [2.75, 3.05) is 27.4 Å². The maximum absolute atomic E-state index is 13.8. The van der Waals surface area contributed by atoms with Crippen LogP contribution < -0.4 is 4.74 Å². The van der Waals surface area contributed by atoms with Gasteiger partial charge in [0.15, 0.2) is 11.6 Å². The van der Waals surface area contributed by atoms with Crippen LogP contribution in [-0.4, -0.2) is 38.2 Å². The number of carbonyl (C=O) groups excluding carboxylic acids is 1. The number of nitrogens with zero attached hydrogens (tertiary/aromatic N) is 1. The van der Waals surface area contributed by atoms with Crippen LogP contribution in [0.4, 0.5) is 4.39 Å². The highest BCUT2D eigenvalue weighted by Crippen LogP contribution is 2.18. The average molecular weight is 331 g/mol. The van der Waals surface area contributed by atoms with Crippen LogP contribution in [0, 0.1) is 5.82 Å². The summed E-state index contributed by atoms with van der Waals surface area (Å²) in [4.78, 5) is 14.3. The van der Waals surface area contributed by atoms with Gasteiger partial charge >= 0.3 is 0 Å². The van der Waals surface area contributed by atoms with Crippen molar-refractivity contribution in [2.45, 2.75) is 13.0 Å². The SMILES string of the molecule is COCCN(Cc1ccccc1)C(=O)Cc1ccc(OC)c(F)c1. The van der Waals surface area contributed by atoms with Gasteiger partial charge in [0, 0.05) is 20.2 Å². The quantitative estimate of drug-likeness (QED) is 0.746. The van der Waals surface area contributed by atoms with E-state index in [4.69, 9.17) is 9.47 Å². The molecule has 0 aliphatic rings. The zero-order valence-corrected chi connectivity index (χ0v) is 14.0. The van der Waals surface area contributed by atoms with Crippen LogP contribution in [0.2, 0.25) is 0 Å². The van der Waals surface area contributed by atoms with Gasteiger partial charge in [-0.05, 0) is 23.3 Å². The van der Waals surface area contributed by atoms with Crippen molar-refractivity contribution in [3.63, 3.8) is 0 Å². The first kappa shape index (κ1) is 17.9. The second-order valence-electron chi connectivity index (χ2n) is 5.44. The van der Waals surface area contributed by atoms with Gasteiger partial charge in [0.2, 0.25) is 5.91 Å². The summed E-state index contributed by atoms with van der Waals surface area (Å²) in [6.07, 6.45) is 0.136. The lowest BCUT2D eigenvalue weighted by Crippen LogP contribution is -2.34. The first-order chi connectivity index (χ1) is 11.6. The minimum absolute atomic E-state index is 0.0690. The molecule has 4 nitrogen and oxygen atoms in total. The summed E-state index contributed by atoms with van der Waals surface area (Å²) in [7, 11) is 3.01. The lowest BCUT2D eigenvalue weighted by atomic mass is 10.1. The molecular weight excluding hydrogens is 309 g/mol. The van der Waals surface area contributed by atoms with Crippen molar-refractivity contribution in [3.8, 4) is 5.75 Å². The van der Waals surface area contributed by atoms with Gasteiger partial charge in [-0.25, -0.2) is 4.39 Å². The maximum Gasteiger partial charge on any atom is 0.227 e. The van der Waals surface area contributed by atoms with Gasteiger partial charge in [0.05, 0.1) is 20.1 Å². The Hall–Kier alpha value is -2.40. The third kappa shape index (κ3) is 5.06. The summed E-state index contributed by atoms with van der Waals surface area (Å²) in [6.45, 7) is 1.44. The molecule has 1 amide bonds. The number of hydrogen-bond acceptors (Lipinski definition) is 3. The molecule has 128 valence electrons. The molecule has 0 saturated heterocycles. The number of halogens is 1. The molecule has 0 radical (unpaired) electrons. The molecule has 0 aliphatic carbocycles. The molecule has 0 heterocycles. The van der Waals surface area contributed by atoms with Gasteiger partial charge in [0.1, 0.15) is 0 Å². The van der Waals surface area contributed by atoms with Crippen LogP contribution in [-0.2, 0) is 22.5 Å². The van der Waals surface area contributed by atoms with Crippen LogP contribution in [0.3, 0.4) is 0 Å². The molecule has 0 aliphatic heterocycles. The molecule has 2 aromatic rings. The molecule has 0 atom stereocenters. The normalized spacial score (nSPS) is 10.5. The Bertz CT molecular complexity index is 661. The van der Waals surface area contributed by atoms with E-state index in [0.717, 1.165) is 5.56 Å². The van der Waals surface area contributed by atoms with E-state index in [9.17, 15) is 9.18 Å². The second-order valence-corrected chi connectivity index (χ2v) is 5.44. The zero-order valence-electron chi connectivity index (χ0n) is 14.0. The topological polar surface area (TPSA) is 38.8 Å². The highest BCUT2D eigenvalue weighted by Gasteiger charge is 2.15. The lowest BCUT2D eigenvalue weighted by Gasteiger charge is -2.23. The van der Waals surface area contributed by atoms with E-state index in [0.29, 0.717) is 25.3 Å². The van der Waals surface area contributed by atoms with Crippen molar-refractivity contribution in [1.29, 1.82) is 0 Å². The number of hydrogen-bond donors (Lipinski definition) is 0. The van der Waals surface area contributed by atoms with Gasteiger partial charge in [-0.2, -0.15) is 0 Å². The van der Waals surface area contributed by atoms with Gasteiger partial charge in [0.25, 0.3) is 0 Å². The molecule has 0 aromatic heterocycles. The molecule has 2 rings (SSSR count). The van der Waals surface area contributed by atoms with Crippen molar-refractivity contribution < 1.29 is 18.7 Å². The third-order valence-corrected chi connectivity index (χ3v) is 3.71. The first-order valence-electron chi connectivity index (χ1n) is 7.77. The fourth-order valence-corrected chi connectivity index (χ4v) is 2.40. The number of amides is 1. The second kappa shape index (κ2) is 9.03. The summed E-state index contributed by atoms with van der Waals surface area (Å²) in [5.74, 6) is -0.360. The van der Waals surface area contributed by atoms with E-state index in [-0.39, 0.29) is 18.1 Å². The van der Waals surface area contributed by atoms with E-state index >= 15 is 0 Å². The molecule has 2 aromatic carbocycles. The van der Waals surface area contributed by atoms with Crippen molar-refractivity contribution in [2.24, 2.45) is 0 Å². The molecule has 5 heteroatoms. The maximum atomic E-state index is 13.8. The van der Waals surface area contributed by atoms with Crippen LogP contribution in [0.15, 0.2) is 48.5 Å². The van der Waals surface area contributed by atoms with Crippen LogP contribution >= 0.6 is 0 Å². The molecule has 24 heavy (non-hydrogen) atoms. The minimum Gasteiger partial charge on any atom is -0.494 e. The number of methoxy groups -OCH3 is 2. The first-order valence-corrected chi connectivity index (χ1v) is 7.77. The molecule has 0 unspecified atom stereocenters. The highest BCUT2D eigenvalue weighted by molar-refractivity contribution is 5.78. The fourth-order valence-electron chi connectivity index (χ4n) is 2.40. The summed E-state index contributed by atoms with van der Waals surface area (Å²) >= 11 is 0. The average Bonchev–Trinajstić information content (AvgIpc) is 2.59. The Labute approximate surface area is 141 Å². The molecule has 0 fully saturated rings. The smallest absolute Gasteiger partial charge is 0.227 e. The molecular formula is C19H22FNO3. The molecule has 0 bridgehead atoms. The van der Waals surface area contributed by atoms with Crippen LogP contribution in [0.5, 0.6) is 5.75 Å². The summed E-state index contributed by atoms with van der Waals surface area (Å²) in [6, 6.07) is 14.3. The van der Waals surface area contributed by atoms with E-state index in [1.54, 1.807) is 18.1 Å². The van der Waals surface area contributed by atoms with Crippen molar-refractivity contribution >= 4 is 5.91 Å². The Balaban J connectivity index is 2.07. The summed E-state index contributed by atoms with van der Waals surface area (Å²) in [5, 5.41) is 0.